The SMILES string of the molecule is CC1(C)[C@H]2CC=C(/C=N\NC(=O)c3ccc(O)cc3)[C@@H]1C2. The van der Waals surface area contributed by atoms with Gasteiger partial charge in [0.25, 0.3) is 5.91 Å². The summed E-state index contributed by atoms with van der Waals surface area (Å²) in [5.74, 6) is 1.23. The standard InChI is InChI=1S/C17H20N2O2/c1-17(2)13-6-3-12(15(17)9-13)10-18-19-16(21)11-4-7-14(20)8-5-11/h3-5,7-8,10,13,15,20H,6,9H2,1-2H3,(H,19,21)/b18-10-/t13-,15-/m0/s1. The van der Waals surface area contributed by atoms with Gasteiger partial charge < -0.3 is 5.11 Å². The minimum Gasteiger partial charge on any atom is -0.508 e. The van der Waals surface area contributed by atoms with Gasteiger partial charge in [-0.2, -0.15) is 5.10 Å². The molecule has 3 aliphatic carbocycles. The van der Waals surface area contributed by atoms with E-state index in [0.717, 1.165) is 12.3 Å². The number of fused-ring (bicyclic) bond motifs is 1. The van der Waals surface area contributed by atoms with Gasteiger partial charge >= 0.3 is 0 Å². The van der Waals surface area contributed by atoms with Crippen LogP contribution in [-0.2, 0) is 0 Å². The Morgan fingerprint density at radius 3 is 2.71 bits per heavy atom. The molecule has 110 valence electrons. The largest absolute Gasteiger partial charge is 0.508 e. The number of hydrazone groups is 1. The van der Waals surface area contributed by atoms with Crippen LogP contribution in [0.1, 0.15) is 37.0 Å². The Morgan fingerprint density at radius 2 is 2.10 bits per heavy atom. The molecule has 1 aromatic carbocycles. The van der Waals surface area contributed by atoms with Gasteiger partial charge in [-0.3, -0.25) is 4.79 Å². The lowest BCUT2D eigenvalue weighted by Crippen LogP contribution is -2.48. The normalized spacial score (nSPS) is 26.1. The molecule has 2 N–H and O–H groups in total. The van der Waals surface area contributed by atoms with Gasteiger partial charge in [0.15, 0.2) is 0 Å². The van der Waals surface area contributed by atoms with Gasteiger partial charge in [-0.1, -0.05) is 19.9 Å². The third-order valence-electron chi connectivity index (χ3n) is 5.02. The minimum atomic E-state index is -0.270. The number of allylic oxidation sites excluding steroid dienone is 2. The molecule has 0 saturated heterocycles. The van der Waals surface area contributed by atoms with Gasteiger partial charge in [0.05, 0.1) is 6.21 Å². The van der Waals surface area contributed by atoms with Crippen LogP contribution >= 0.6 is 0 Å². The van der Waals surface area contributed by atoms with Gasteiger partial charge in [-0.25, -0.2) is 5.43 Å². The number of carbonyl (C=O) groups excluding carboxylic acids is 1. The van der Waals surface area contributed by atoms with Crippen molar-refractivity contribution in [2.75, 3.05) is 0 Å². The summed E-state index contributed by atoms with van der Waals surface area (Å²) in [7, 11) is 0. The molecule has 3 aliphatic rings. The first kappa shape index (κ1) is 13.9. The molecule has 4 nitrogen and oxygen atoms in total. The molecule has 0 heterocycles. The second-order valence-electron chi connectivity index (χ2n) is 6.49. The number of hydrogen-bond donors (Lipinski definition) is 2. The summed E-state index contributed by atoms with van der Waals surface area (Å²) in [6, 6.07) is 6.11. The molecular weight excluding hydrogens is 264 g/mol. The van der Waals surface area contributed by atoms with E-state index in [2.05, 4.69) is 30.5 Å². The lowest BCUT2D eigenvalue weighted by Gasteiger charge is -2.55. The number of carbonyl (C=O) groups is 1. The van der Waals surface area contributed by atoms with Crippen molar-refractivity contribution < 1.29 is 9.90 Å². The number of aromatic hydroxyl groups is 1. The minimum absolute atomic E-state index is 0.143. The monoisotopic (exact) mass is 284 g/mol. The fourth-order valence-electron chi connectivity index (χ4n) is 3.39. The number of amides is 1. The zero-order valence-corrected chi connectivity index (χ0v) is 12.3. The van der Waals surface area contributed by atoms with E-state index < -0.39 is 0 Å². The molecule has 0 unspecified atom stereocenters. The molecule has 0 radical (unpaired) electrons. The van der Waals surface area contributed by atoms with Crippen molar-refractivity contribution >= 4 is 12.1 Å². The average Bonchev–Trinajstić information content (AvgIpc) is 2.47. The first-order chi connectivity index (χ1) is 9.98. The van der Waals surface area contributed by atoms with Crippen molar-refractivity contribution in [3.63, 3.8) is 0 Å². The maximum atomic E-state index is 11.9. The van der Waals surface area contributed by atoms with Gasteiger partial charge in [0.1, 0.15) is 5.75 Å². The lowest BCUT2D eigenvalue weighted by molar-refractivity contribution is -0.00126. The van der Waals surface area contributed by atoms with Crippen LogP contribution in [0.2, 0.25) is 0 Å². The van der Waals surface area contributed by atoms with Crippen molar-refractivity contribution in [2.45, 2.75) is 26.7 Å². The molecule has 1 saturated carbocycles. The second kappa shape index (κ2) is 5.02. The predicted molar refractivity (Wildman–Crippen MR) is 82.1 cm³/mol. The van der Waals surface area contributed by atoms with Gasteiger partial charge in [0.2, 0.25) is 0 Å². The predicted octanol–water partition coefficient (Wildman–Crippen LogP) is 3.10. The van der Waals surface area contributed by atoms with Crippen molar-refractivity contribution in [3.8, 4) is 5.75 Å². The van der Waals surface area contributed by atoms with Crippen molar-refractivity contribution in [1.29, 1.82) is 0 Å². The Hall–Kier alpha value is -2.10. The highest BCUT2D eigenvalue weighted by Gasteiger charge is 2.50. The number of nitrogens with one attached hydrogen (secondary N) is 1. The molecule has 21 heavy (non-hydrogen) atoms. The molecule has 4 rings (SSSR count). The van der Waals surface area contributed by atoms with Crippen molar-refractivity contribution in [1.82, 2.24) is 5.43 Å². The second-order valence-corrected chi connectivity index (χ2v) is 6.49. The number of phenolic OH excluding ortho intramolecular Hbond substituents is 1. The Labute approximate surface area is 124 Å². The summed E-state index contributed by atoms with van der Waals surface area (Å²) in [5.41, 5.74) is 4.61. The van der Waals surface area contributed by atoms with Crippen LogP contribution in [0.25, 0.3) is 0 Å². The zero-order chi connectivity index (χ0) is 15.0. The van der Waals surface area contributed by atoms with E-state index in [1.165, 1.54) is 24.1 Å². The third-order valence-corrected chi connectivity index (χ3v) is 5.02. The Morgan fingerprint density at radius 1 is 1.38 bits per heavy atom. The van der Waals surface area contributed by atoms with Crippen LogP contribution in [0.15, 0.2) is 41.0 Å². The molecule has 4 heteroatoms. The number of rotatable bonds is 3. The number of hydrogen-bond acceptors (Lipinski definition) is 3. The van der Waals surface area contributed by atoms with Crippen LogP contribution in [0, 0.1) is 17.3 Å². The zero-order valence-electron chi connectivity index (χ0n) is 12.3. The molecule has 0 aromatic heterocycles. The summed E-state index contributed by atoms with van der Waals surface area (Å²) in [5, 5.41) is 13.3. The molecule has 0 aliphatic heterocycles. The Kier molecular flexibility index (Phi) is 3.32. The first-order valence-electron chi connectivity index (χ1n) is 7.31. The summed E-state index contributed by atoms with van der Waals surface area (Å²) in [6.07, 6.45) is 6.36. The molecule has 1 aromatic rings. The summed E-state index contributed by atoms with van der Waals surface area (Å²) in [6.45, 7) is 4.61. The van der Waals surface area contributed by atoms with Gasteiger partial charge in [-0.15, -0.1) is 0 Å². The number of phenols is 1. The van der Waals surface area contributed by atoms with Gasteiger partial charge in [0, 0.05) is 5.56 Å². The lowest BCUT2D eigenvalue weighted by atomic mass is 9.49. The number of benzene rings is 1. The topological polar surface area (TPSA) is 61.7 Å². The summed E-state index contributed by atoms with van der Waals surface area (Å²) < 4.78 is 0. The van der Waals surface area contributed by atoms with Crippen LogP contribution in [0.4, 0.5) is 0 Å². The van der Waals surface area contributed by atoms with Crippen molar-refractivity contribution in [3.05, 3.63) is 41.5 Å². The van der Waals surface area contributed by atoms with E-state index in [1.54, 1.807) is 18.3 Å². The highest BCUT2D eigenvalue weighted by atomic mass is 16.3. The highest BCUT2D eigenvalue weighted by molar-refractivity contribution is 5.95. The summed E-state index contributed by atoms with van der Waals surface area (Å²) in [4.78, 5) is 11.9. The van der Waals surface area contributed by atoms with E-state index in [-0.39, 0.29) is 11.7 Å². The van der Waals surface area contributed by atoms with E-state index in [1.807, 2.05) is 0 Å². The quantitative estimate of drug-likeness (QED) is 0.662. The Bertz CT molecular complexity index is 614. The van der Waals surface area contributed by atoms with Gasteiger partial charge in [-0.05, 0) is 59.9 Å². The maximum absolute atomic E-state index is 11.9. The molecule has 0 spiro atoms. The fraction of sp³-hybridized carbons (Fsp3) is 0.412. The molecular formula is C17H20N2O2. The van der Waals surface area contributed by atoms with Crippen molar-refractivity contribution in [2.24, 2.45) is 22.4 Å². The van der Waals surface area contributed by atoms with Crippen LogP contribution in [-0.4, -0.2) is 17.2 Å². The fourth-order valence-corrected chi connectivity index (χ4v) is 3.39. The molecule has 1 fully saturated rings. The third kappa shape index (κ3) is 2.46. The van der Waals surface area contributed by atoms with Crippen LogP contribution < -0.4 is 5.43 Å². The highest BCUT2D eigenvalue weighted by Crippen LogP contribution is 2.58. The number of nitrogens with zero attached hydrogens (tertiary/aromatic N) is 1. The van der Waals surface area contributed by atoms with E-state index >= 15 is 0 Å². The molecule has 2 bridgehead atoms. The maximum Gasteiger partial charge on any atom is 0.271 e. The van der Waals surface area contributed by atoms with Crippen LogP contribution in [0.5, 0.6) is 5.75 Å². The van der Waals surface area contributed by atoms with E-state index in [9.17, 15) is 9.90 Å². The molecule has 2 atom stereocenters. The first-order valence-corrected chi connectivity index (χ1v) is 7.31. The Balaban J connectivity index is 1.61. The van der Waals surface area contributed by atoms with E-state index in [0.29, 0.717) is 16.9 Å². The summed E-state index contributed by atoms with van der Waals surface area (Å²) >= 11 is 0. The van der Waals surface area contributed by atoms with Crippen LogP contribution in [0.3, 0.4) is 0 Å². The average molecular weight is 284 g/mol. The van der Waals surface area contributed by atoms with E-state index in [4.69, 9.17) is 0 Å². The molecule has 1 amide bonds. The smallest absolute Gasteiger partial charge is 0.271 e.